The monoisotopic (exact) mass is 476 g/mol. The largest absolute Gasteiger partial charge is 0.277 e. The molecule has 6 heteroatoms. The Hall–Kier alpha value is -5.64. The number of benzene rings is 5. The summed E-state index contributed by atoms with van der Waals surface area (Å²) in [5.41, 5.74) is 1.66. The number of terminal acetylenes is 1. The quantitative estimate of drug-likeness (QED) is 0.146. The predicted molar refractivity (Wildman–Crippen MR) is 139 cm³/mol. The summed E-state index contributed by atoms with van der Waals surface area (Å²) < 4.78 is 0. The van der Waals surface area contributed by atoms with Crippen molar-refractivity contribution in [3.8, 4) is 36.1 Å². The molecule has 4 amide bonds. The van der Waals surface area contributed by atoms with Crippen LogP contribution in [0.3, 0.4) is 0 Å². The molecule has 2 heterocycles. The molecule has 0 bridgehead atoms. The number of imide groups is 2. The zero-order chi connectivity index (χ0) is 25.6. The third kappa shape index (κ3) is 2.42. The average molecular weight is 476 g/mol. The van der Waals surface area contributed by atoms with Crippen molar-refractivity contribution in [2.45, 2.75) is 0 Å². The second-order valence-corrected chi connectivity index (χ2v) is 8.89. The summed E-state index contributed by atoms with van der Waals surface area (Å²) >= 11 is 0. The van der Waals surface area contributed by atoms with E-state index in [0.717, 1.165) is 42.1 Å². The molecule has 2 aliphatic heterocycles. The van der Waals surface area contributed by atoms with Gasteiger partial charge in [0.2, 0.25) is 0 Å². The van der Waals surface area contributed by atoms with Crippen molar-refractivity contribution < 1.29 is 19.2 Å². The number of hydrogen-bond donors (Lipinski definition) is 0. The minimum absolute atomic E-state index is 0.346. The van der Waals surface area contributed by atoms with Gasteiger partial charge >= 0.3 is 0 Å². The van der Waals surface area contributed by atoms with E-state index >= 15 is 0 Å². The zero-order valence-corrected chi connectivity index (χ0v) is 19.2. The summed E-state index contributed by atoms with van der Waals surface area (Å²) in [5.74, 6) is 7.58. The van der Waals surface area contributed by atoms with Crippen LogP contribution in [0.2, 0.25) is 0 Å². The van der Waals surface area contributed by atoms with Crippen LogP contribution in [0.1, 0.15) is 41.4 Å². The SMILES string of the molecule is C#CC#CC#CN1C(=O)c2ccc3c4ccc5c6c(ccc(c7ccc(c2c37)C1=O)c64)C(=O)N(C)C5=O. The molecule has 0 aliphatic carbocycles. The summed E-state index contributed by atoms with van der Waals surface area (Å²) in [5, 5.41) is 6.10. The summed E-state index contributed by atoms with van der Waals surface area (Å²) in [6.45, 7) is 0. The molecular weight excluding hydrogens is 464 g/mol. The number of fused-ring (bicyclic) bond motifs is 2. The molecule has 170 valence electrons. The molecular formula is C31H12N2O4. The Labute approximate surface area is 209 Å². The third-order valence-electron chi connectivity index (χ3n) is 7.20. The van der Waals surface area contributed by atoms with Crippen LogP contribution < -0.4 is 0 Å². The van der Waals surface area contributed by atoms with Crippen molar-refractivity contribution in [1.29, 1.82) is 0 Å². The molecule has 5 aromatic rings. The maximum Gasteiger partial charge on any atom is 0.273 e. The van der Waals surface area contributed by atoms with Crippen LogP contribution in [0.25, 0.3) is 43.1 Å². The molecule has 7 rings (SSSR count). The van der Waals surface area contributed by atoms with E-state index in [1.165, 1.54) is 7.05 Å². The summed E-state index contributed by atoms with van der Waals surface area (Å²) in [6, 6.07) is 16.8. The lowest BCUT2D eigenvalue weighted by Crippen LogP contribution is -2.37. The average Bonchev–Trinajstić information content (AvgIpc) is 2.92. The molecule has 0 aromatic heterocycles. The highest BCUT2D eigenvalue weighted by Crippen LogP contribution is 2.45. The van der Waals surface area contributed by atoms with Crippen LogP contribution in [0.5, 0.6) is 0 Å². The number of nitrogens with zero attached hydrogens (tertiary/aromatic N) is 2. The standard InChI is InChI=1S/C31H12N2O4/c1-3-4-5-6-15-33-30(36)22-13-9-18-16-7-11-20-26-21(29(35)32(2)28(20)34)12-8-17(24(16)26)19-10-14-23(31(33)37)27(22)25(18)19/h1,7-14H,2H3. The Morgan fingerprint density at radius 1 is 0.541 bits per heavy atom. The molecule has 0 radical (unpaired) electrons. The first-order chi connectivity index (χ1) is 17.9. The van der Waals surface area contributed by atoms with Crippen LogP contribution in [-0.2, 0) is 0 Å². The maximum atomic E-state index is 13.3. The first kappa shape index (κ1) is 20.7. The van der Waals surface area contributed by atoms with Crippen LogP contribution in [0.15, 0.2) is 48.5 Å². The minimum Gasteiger partial charge on any atom is -0.277 e. The van der Waals surface area contributed by atoms with Gasteiger partial charge in [-0.15, -0.1) is 6.42 Å². The van der Waals surface area contributed by atoms with Gasteiger partial charge in [-0.3, -0.25) is 24.1 Å². The van der Waals surface area contributed by atoms with Crippen molar-refractivity contribution >= 4 is 66.7 Å². The Balaban J connectivity index is 1.60. The highest BCUT2D eigenvalue weighted by molar-refractivity contribution is 6.41. The third-order valence-corrected chi connectivity index (χ3v) is 7.20. The van der Waals surface area contributed by atoms with Gasteiger partial charge in [0.1, 0.15) is 0 Å². The number of carbonyl (C=O) groups is 4. The van der Waals surface area contributed by atoms with Gasteiger partial charge in [-0.2, -0.15) is 4.90 Å². The Bertz CT molecular complexity index is 2040. The van der Waals surface area contributed by atoms with Gasteiger partial charge in [-0.05, 0) is 68.4 Å². The fourth-order valence-corrected chi connectivity index (χ4v) is 5.64. The lowest BCUT2D eigenvalue weighted by Gasteiger charge is -2.27. The van der Waals surface area contributed by atoms with E-state index in [4.69, 9.17) is 6.42 Å². The molecule has 0 saturated carbocycles. The summed E-state index contributed by atoms with van der Waals surface area (Å²) in [6.07, 6.45) is 5.10. The lowest BCUT2D eigenvalue weighted by molar-refractivity contribution is 0.0645. The molecule has 6 nitrogen and oxygen atoms in total. The molecule has 0 atom stereocenters. The van der Waals surface area contributed by atoms with E-state index in [0.29, 0.717) is 33.0 Å². The van der Waals surface area contributed by atoms with Crippen LogP contribution in [-0.4, -0.2) is 40.5 Å². The van der Waals surface area contributed by atoms with Crippen molar-refractivity contribution in [2.75, 3.05) is 7.05 Å². The van der Waals surface area contributed by atoms with Crippen LogP contribution >= 0.6 is 0 Å². The Kier molecular flexibility index (Phi) is 3.89. The van der Waals surface area contributed by atoms with Gasteiger partial charge in [0.05, 0.1) is 0 Å². The molecule has 37 heavy (non-hydrogen) atoms. The number of amides is 4. The van der Waals surface area contributed by atoms with E-state index in [2.05, 4.69) is 29.7 Å². The molecule has 0 spiro atoms. The Morgan fingerprint density at radius 2 is 0.946 bits per heavy atom. The first-order valence-electron chi connectivity index (χ1n) is 11.3. The smallest absolute Gasteiger partial charge is 0.273 e. The maximum absolute atomic E-state index is 13.3. The van der Waals surface area contributed by atoms with E-state index in [9.17, 15) is 19.2 Å². The van der Waals surface area contributed by atoms with Gasteiger partial charge in [-0.1, -0.05) is 24.3 Å². The molecule has 5 aromatic carbocycles. The van der Waals surface area contributed by atoms with E-state index in [-0.39, 0.29) is 11.8 Å². The van der Waals surface area contributed by atoms with Crippen molar-refractivity contribution in [3.63, 3.8) is 0 Å². The topological polar surface area (TPSA) is 74.8 Å². The van der Waals surface area contributed by atoms with Gasteiger partial charge in [0.25, 0.3) is 23.6 Å². The van der Waals surface area contributed by atoms with Crippen molar-refractivity contribution in [1.82, 2.24) is 9.80 Å². The normalized spacial score (nSPS) is 14.3. The summed E-state index contributed by atoms with van der Waals surface area (Å²) in [4.78, 5) is 54.5. The fourth-order valence-electron chi connectivity index (χ4n) is 5.64. The van der Waals surface area contributed by atoms with E-state index in [1.807, 2.05) is 24.3 Å². The van der Waals surface area contributed by atoms with Crippen LogP contribution in [0, 0.1) is 36.1 Å². The first-order valence-corrected chi connectivity index (χ1v) is 11.3. The second-order valence-electron chi connectivity index (χ2n) is 8.89. The van der Waals surface area contributed by atoms with Gasteiger partial charge in [-0.25, -0.2) is 0 Å². The van der Waals surface area contributed by atoms with E-state index < -0.39 is 11.8 Å². The molecule has 0 saturated heterocycles. The van der Waals surface area contributed by atoms with Gasteiger partial charge in [0, 0.05) is 58.0 Å². The van der Waals surface area contributed by atoms with Gasteiger partial charge in [0.15, 0.2) is 0 Å². The van der Waals surface area contributed by atoms with Crippen molar-refractivity contribution in [3.05, 3.63) is 70.8 Å². The molecule has 0 unspecified atom stereocenters. The minimum atomic E-state index is -0.536. The van der Waals surface area contributed by atoms with Gasteiger partial charge < -0.3 is 0 Å². The molecule has 0 N–H and O–H groups in total. The highest BCUT2D eigenvalue weighted by Gasteiger charge is 2.35. The second kappa shape index (κ2) is 6.95. The number of hydrogen-bond acceptors (Lipinski definition) is 4. The molecule has 0 fully saturated rings. The zero-order valence-electron chi connectivity index (χ0n) is 19.2. The highest BCUT2D eigenvalue weighted by atomic mass is 16.2. The fraction of sp³-hybridized carbons (Fsp3) is 0.0323. The van der Waals surface area contributed by atoms with E-state index in [1.54, 1.807) is 24.3 Å². The van der Waals surface area contributed by atoms with Crippen LogP contribution in [0.4, 0.5) is 0 Å². The predicted octanol–water partition coefficient (Wildman–Crippen LogP) is 4.16. The lowest BCUT2D eigenvalue weighted by atomic mass is 9.82. The number of carbonyl (C=O) groups excluding carboxylic acids is 4. The molecule has 2 aliphatic rings. The number of rotatable bonds is 0. The van der Waals surface area contributed by atoms with Crippen molar-refractivity contribution in [2.24, 2.45) is 0 Å². The summed E-state index contributed by atoms with van der Waals surface area (Å²) in [7, 11) is 1.48. The Morgan fingerprint density at radius 3 is 1.35 bits per heavy atom.